The van der Waals surface area contributed by atoms with E-state index in [0.29, 0.717) is 5.92 Å². The Kier molecular flexibility index (Phi) is 2.61. The van der Waals surface area contributed by atoms with Crippen LogP contribution in [-0.2, 0) is 0 Å². The molecule has 1 aliphatic heterocycles. The summed E-state index contributed by atoms with van der Waals surface area (Å²) >= 11 is 0. The molecule has 112 valence electrons. The number of benzene rings is 1. The summed E-state index contributed by atoms with van der Waals surface area (Å²) in [5.41, 5.74) is 0.907. The van der Waals surface area contributed by atoms with Gasteiger partial charge in [-0.25, -0.2) is 4.98 Å². The molecule has 5 heteroatoms. The highest BCUT2D eigenvalue weighted by molar-refractivity contribution is 5.92. The van der Waals surface area contributed by atoms with Gasteiger partial charge in [-0.15, -0.1) is 10.2 Å². The zero-order valence-corrected chi connectivity index (χ0v) is 12.5. The topological polar surface area (TPSA) is 46.3 Å². The number of aromatic nitrogens is 4. The molecule has 0 spiro atoms. The van der Waals surface area contributed by atoms with Crippen LogP contribution in [0, 0.1) is 0 Å². The van der Waals surface area contributed by atoms with Crippen molar-refractivity contribution in [2.45, 2.75) is 5.92 Å². The lowest BCUT2D eigenvalue weighted by Gasteiger charge is -2.39. The highest BCUT2D eigenvalue weighted by atomic mass is 15.3. The summed E-state index contributed by atoms with van der Waals surface area (Å²) in [6.45, 7) is 1.85. The number of hydrogen-bond acceptors (Lipinski definition) is 4. The van der Waals surface area contributed by atoms with Crippen molar-refractivity contribution >= 4 is 22.2 Å². The Balaban J connectivity index is 1.46. The van der Waals surface area contributed by atoms with Gasteiger partial charge in [-0.05, 0) is 23.6 Å². The van der Waals surface area contributed by atoms with Crippen molar-refractivity contribution in [1.82, 2.24) is 19.6 Å². The van der Waals surface area contributed by atoms with Crippen LogP contribution in [0.25, 0.3) is 16.4 Å². The van der Waals surface area contributed by atoms with E-state index in [1.165, 1.54) is 10.8 Å². The van der Waals surface area contributed by atoms with Gasteiger partial charge in [0.25, 0.3) is 0 Å². The highest BCUT2D eigenvalue weighted by Crippen LogP contribution is 2.33. The van der Waals surface area contributed by atoms with Gasteiger partial charge >= 0.3 is 0 Å². The fourth-order valence-corrected chi connectivity index (χ4v) is 3.31. The predicted octanol–water partition coefficient (Wildman–Crippen LogP) is 2.88. The minimum absolute atomic E-state index is 0.396. The summed E-state index contributed by atoms with van der Waals surface area (Å²) < 4.78 is 2.08. The second-order valence-corrected chi connectivity index (χ2v) is 5.94. The number of hydrogen-bond donors (Lipinski definition) is 0. The summed E-state index contributed by atoms with van der Waals surface area (Å²) in [4.78, 5) is 6.91. The number of rotatable bonds is 2. The molecule has 0 unspecified atom stereocenters. The van der Waals surface area contributed by atoms with E-state index in [0.717, 1.165) is 30.4 Å². The largest absolute Gasteiger partial charge is 0.355 e. The van der Waals surface area contributed by atoms with Gasteiger partial charge in [0.05, 0.1) is 5.92 Å². The smallest absolute Gasteiger partial charge is 0.160 e. The third kappa shape index (κ3) is 1.90. The van der Waals surface area contributed by atoms with Crippen molar-refractivity contribution in [2.24, 2.45) is 0 Å². The van der Waals surface area contributed by atoms with E-state index in [4.69, 9.17) is 0 Å². The van der Waals surface area contributed by atoms with E-state index in [9.17, 15) is 0 Å². The van der Waals surface area contributed by atoms with Crippen LogP contribution < -0.4 is 4.90 Å². The van der Waals surface area contributed by atoms with Gasteiger partial charge in [0.1, 0.15) is 11.6 Å². The summed E-state index contributed by atoms with van der Waals surface area (Å²) in [6, 6.07) is 16.4. The van der Waals surface area contributed by atoms with E-state index in [2.05, 4.69) is 54.8 Å². The highest BCUT2D eigenvalue weighted by Gasteiger charge is 2.33. The molecular weight excluding hydrogens is 286 g/mol. The van der Waals surface area contributed by atoms with Crippen LogP contribution in [0.4, 0.5) is 5.82 Å². The standard InChI is InChI=1S/C18H15N5/c1-2-6-15-13(5-1)8-9-19-18(15)22-11-14(12-22)17-21-20-16-7-3-4-10-23(16)17/h1-10,14H,11-12H2. The summed E-state index contributed by atoms with van der Waals surface area (Å²) in [5.74, 6) is 2.50. The van der Waals surface area contributed by atoms with Crippen LogP contribution in [0.3, 0.4) is 0 Å². The Labute approximate surface area is 133 Å². The minimum Gasteiger partial charge on any atom is -0.355 e. The third-order valence-corrected chi connectivity index (χ3v) is 4.54. The molecule has 1 aliphatic rings. The van der Waals surface area contributed by atoms with E-state index in [-0.39, 0.29) is 0 Å². The lowest BCUT2D eigenvalue weighted by Crippen LogP contribution is -2.46. The Morgan fingerprint density at radius 3 is 2.74 bits per heavy atom. The normalized spacial score (nSPS) is 15.2. The lowest BCUT2D eigenvalue weighted by atomic mass is 9.98. The fourth-order valence-electron chi connectivity index (χ4n) is 3.31. The van der Waals surface area contributed by atoms with Crippen LogP contribution in [0.2, 0.25) is 0 Å². The number of nitrogens with zero attached hydrogens (tertiary/aromatic N) is 5. The quantitative estimate of drug-likeness (QED) is 0.571. The molecule has 0 aliphatic carbocycles. The molecule has 0 amide bonds. The maximum atomic E-state index is 4.59. The molecule has 4 heterocycles. The monoisotopic (exact) mass is 301 g/mol. The first-order valence-corrected chi connectivity index (χ1v) is 7.78. The number of anilines is 1. The van der Waals surface area contributed by atoms with E-state index in [1.807, 2.05) is 30.6 Å². The second-order valence-electron chi connectivity index (χ2n) is 5.94. The SMILES string of the molecule is c1ccc2c(N3CC(c4nnc5ccccn45)C3)nccc2c1. The molecule has 1 fully saturated rings. The molecule has 0 radical (unpaired) electrons. The molecule has 0 N–H and O–H groups in total. The summed E-state index contributed by atoms with van der Waals surface area (Å²) in [5, 5.41) is 11.1. The van der Waals surface area contributed by atoms with Crippen molar-refractivity contribution < 1.29 is 0 Å². The first-order chi connectivity index (χ1) is 11.4. The van der Waals surface area contributed by atoms with Gasteiger partial charge in [0.2, 0.25) is 0 Å². The van der Waals surface area contributed by atoms with Crippen LogP contribution in [0.15, 0.2) is 60.9 Å². The van der Waals surface area contributed by atoms with Gasteiger partial charge in [-0.2, -0.15) is 0 Å². The van der Waals surface area contributed by atoms with Crippen LogP contribution in [0.5, 0.6) is 0 Å². The third-order valence-electron chi connectivity index (χ3n) is 4.54. The van der Waals surface area contributed by atoms with Gasteiger partial charge < -0.3 is 4.90 Å². The first-order valence-electron chi connectivity index (χ1n) is 7.78. The first kappa shape index (κ1) is 12.6. The Hall–Kier alpha value is -2.95. The van der Waals surface area contributed by atoms with Crippen LogP contribution in [0.1, 0.15) is 11.7 Å². The zero-order chi connectivity index (χ0) is 15.2. The molecule has 23 heavy (non-hydrogen) atoms. The molecule has 3 aromatic heterocycles. The fraction of sp³-hybridized carbons (Fsp3) is 0.167. The van der Waals surface area contributed by atoms with E-state index in [1.54, 1.807) is 0 Å². The summed E-state index contributed by atoms with van der Waals surface area (Å²) in [7, 11) is 0. The van der Waals surface area contributed by atoms with Gasteiger partial charge in [0.15, 0.2) is 5.65 Å². The molecule has 4 aromatic rings. The van der Waals surface area contributed by atoms with Gasteiger partial charge in [0, 0.05) is 30.9 Å². The lowest BCUT2D eigenvalue weighted by molar-refractivity contribution is 0.494. The molecule has 0 atom stereocenters. The van der Waals surface area contributed by atoms with Crippen molar-refractivity contribution in [1.29, 1.82) is 0 Å². The predicted molar refractivity (Wildman–Crippen MR) is 89.7 cm³/mol. The van der Waals surface area contributed by atoms with Crippen molar-refractivity contribution in [3.63, 3.8) is 0 Å². The minimum atomic E-state index is 0.396. The van der Waals surface area contributed by atoms with Crippen LogP contribution >= 0.6 is 0 Å². The molecule has 5 rings (SSSR count). The Morgan fingerprint density at radius 1 is 0.913 bits per heavy atom. The second kappa shape index (κ2) is 4.78. The number of fused-ring (bicyclic) bond motifs is 2. The molecule has 1 saturated heterocycles. The average molecular weight is 301 g/mol. The van der Waals surface area contributed by atoms with Crippen LogP contribution in [-0.4, -0.2) is 32.7 Å². The Bertz CT molecular complexity index is 995. The maximum Gasteiger partial charge on any atom is 0.160 e. The summed E-state index contributed by atoms with van der Waals surface area (Å²) in [6.07, 6.45) is 3.92. The average Bonchev–Trinajstić information content (AvgIpc) is 2.98. The zero-order valence-electron chi connectivity index (χ0n) is 12.5. The molecular formula is C18H15N5. The van der Waals surface area contributed by atoms with E-state index < -0.39 is 0 Å². The Morgan fingerprint density at radius 2 is 1.78 bits per heavy atom. The molecule has 5 nitrogen and oxygen atoms in total. The van der Waals surface area contributed by atoms with Gasteiger partial charge in [-0.1, -0.05) is 30.3 Å². The van der Waals surface area contributed by atoms with Crippen molar-refractivity contribution in [3.05, 3.63) is 66.7 Å². The molecule has 1 aromatic carbocycles. The van der Waals surface area contributed by atoms with Crippen molar-refractivity contribution in [2.75, 3.05) is 18.0 Å². The van der Waals surface area contributed by atoms with E-state index >= 15 is 0 Å². The molecule has 0 bridgehead atoms. The number of pyridine rings is 2. The maximum absolute atomic E-state index is 4.59. The molecule has 0 saturated carbocycles. The van der Waals surface area contributed by atoms with Crippen molar-refractivity contribution in [3.8, 4) is 0 Å². The van der Waals surface area contributed by atoms with Gasteiger partial charge in [-0.3, -0.25) is 4.40 Å².